The Morgan fingerprint density at radius 1 is 1.02 bits per heavy atom. The van der Waals surface area contributed by atoms with Crippen LogP contribution in [-0.2, 0) is 20.9 Å². The van der Waals surface area contributed by atoms with Gasteiger partial charge in [0.2, 0.25) is 14.8 Å². The highest BCUT2D eigenvalue weighted by molar-refractivity contribution is 9.10. The number of sulfonamides is 1. The summed E-state index contributed by atoms with van der Waals surface area (Å²) in [4.78, 5) is 4.89. The Labute approximate surface area is 251 Å². The minimum Gasteiger partial charge on any atom is -0.379 e. The van der Waals surface area contributed by atoms with E-state index < -0.39 is 21.8 Å². The molecule has 5 rings (SSSR count). The van der Waals surface area contributed by atoms with Gasteiger partial charge in [-0.1, -0.05) is 51.8 Å². The van der Waals surface area contributed by atoms with Crippen LogP contribution in [0, 0.1) is 0 Å². The third-order valence-corrected chi connectivity index (χ3v) is 9.66. The third-order valence-electron chi connectivity index (χ3n) is 6.10. The van der Waals surface area contributed by atoms with Crippen LogP contribution in [-0.4, -0.2) is 49.9 Å². The molecule has 0 aliphatic carbocycles. The monoisotopic (exact) mass is 684 g/mol. The lowest BCUT2D eigenvalue weighted by Crippen LogP contribution is -2.40. The molecule has 2 heterocycles. The van der Waals surface area contributed by atoms with Crippen molar-refractivity contribution in [3.05, 3.63) is 97.5 Å². The molecule has 0 N–H and O–H groups in total. The van der Waals surface area contributed by atoms with Gasteiger partial charge in [-0.3, -0.25) is 0 Å². The van der Waals surface area contributed by atoms with Crippen LogP contribution in [0.15, 0.2) is 91.6 Å². The summed E-state index contributed by atoms with van der Waals surface area (Å²) in [5.74, 6) is 0. The number of morpholine rings is 1. The largest absolute Gasteiger partial charge is 0.416 e. The standard InChI is InChI=1S/C27H21BrClF3N4O3S2/c28-21-6-4-18(5-7-21)16-33-36-25(19-2-1-3-20(14-19)27(30,31)32)17-40-26(36)34-24-15-22(8-9-23(24)29)41(37,38)35-10-12-39-13-11-35/h1-9,14-17H,10-13H2/b33-16-,34-26?. The fourth-order valence-corrected chi connectivity index (χ4v) is 6.69. The Kier molecular flexibility index (Phi) is 8.83. The van der Waals surface area contributed by atoms with Crippen LogP contribution in [0.25, 0.3) is 11.3 Å². The molecule has 0 amide bonds. The van der Waals surface area contributed by atoms with Crippen molar-refractivity contribution in [2.75, 3.05) is 26.3 Å². The van der Waals surface area contributed by atoms with Crippen molar-refractivity contribution >= 4 is 60.8 Å². The van der Waals surface area contributed by atoms with Crippen molar-refractivity contribution in [3.63, 3.8) is 0 Å². The number of ether oxygens (including phenoxy) is 1. The molecule has 214 valence electrons. The van der Waals surface area contributed by atoms with Gasteiger partial charge in [-0.25, -0.2) is 18.1 Å². The summed E-state index contributed by atoms with van der Waals surface area (Å²) in [5.41, 5.74) is 0.754. The van der Waals surface area contributed by atoms with Crippen molar-refractivity contribution in [2.45, 2.75) is 11.1 Å². The average molecular weight is 686 g/mol. The summed E-state index contributed by atoms with van der Waals surface area (Å²) in [6.07, 6.45) is -2.97. The van der Waals surface area contributed by atoms with Gasteiger partial charge in [0.15, 0.2) is 0 Å². The fraction of sp³-hybridized carbons (Fsp3) is 0.185. The van der Waals surface area contributed by atoms with Gasteiger partial charge >= 0.3 is 6.18 Å². The lowest BCUT2D eigenvalue weighted by Gasteiger charge is -2.26. The Bertz CT molecular complexity index is 1770. The number of alkyl halides is 3. The zero-order valence-electron chi connectivity index (χ0n) is 21.1. The van der Waals surface area contributed by atoms with E-state index in [1.54, 1.807) is 17.7 Å². The van der Waals surface area contributed by atoms with Gasteiger partial charge in [0, 0.05) is 28.5 Å². The van der Waals surface area contributed by atoms with Crippen molar-refractivity contribution < 1.29 is 26.3 Å². The molecule has 0 spiro atoms. The maximum absolute atomic E-state index is 13.5. The molecule has 1 saturated heterocycles. The molecule has 1 aliphatic rings. The van der Waals surface area contributed by atoms with E-state index in [-0.39, 0.29) is 39.1 Å². The maximum Gasteiger partial charge on any atom is 0.416 e. The van der Waals surface area contributed by atoms with E-state index in [9.17, 15) is 21.6 Å². The van der Waals surface area contributed by atoms with E-state index in [2.05, 4.69) is 26.0 Å². The molecule has 0 bridgehead atoms. The van der Waals surface area contributed by atoms with Crippen molar-refractivity contribution in [1.82, 2.24) is 8.98 Å². The van der Waals surface area contributed by atoms with E-state index in [1.807, 2.05) is 24.3 Å². The van der Waals surface area contributed by atoms with Gasteiger partial charge in [0.25, 0.3) is 0 Å². The molecule has 1 aliphatic heterocycles. The molecule has 1 fully saturated rings. The van der Waals surface area contributed by atoms with Crippen LogP contribution in [0.1, 0.15) is 11.1 Å². The average Bonchev–Trinajstić information content (AvgIpc) is 3.36. The topological polar surface area (TPSA) is 76.3 Å². The van der Waals surface area contributed by atoms with Gasteiger partial charge in [-0.15, -0.1) is 11.3 Å². The van der Waals surface area contributed by atoms with Gasteiger partial charge in [0.05, 0.1) is 46.3 Å². The molecule has 7 nitrogen and oxygen atoms in total. The first-order valence-corrected chi connectivity index (χ1v) is 15.6. The third kappa shape index (κ3) is 6.82. The van der Waals surface area contributed by atoms with E-state index in [0.29, 0.717) is 18.9 Å². The lowest BCUT2D eigenvalue weighted by atomic mass is 10.1. The predicted octanol–water partition coefficient (Wildman–Crippen LogP) is 6.79. The van der Waals surface area contributed by atoms with Crippen LogP contribution < -0.4 is 4.80 Å². The first kappa shape index (κ1) is 29.7. The summed E-state index contributed by atoms with van der Waals surface area (Å²) in [6, 6.07) is 16.4. The van der Waals surface area contributed by atoms with Crippen molar-refractivity contribution in [3.8, 4) is 11.3 Å². The molecule has 41 heavy (non-hydrogen) atoms. The molecular weight excluding hydrogens is 665 g/mol. The lowest BCUT2D eigenvalue weighted by molar-refractivity contribution is -0.137. The summed E-state index contributed by atoms with van der Waals surface area (Å²) < 4.78 is 75.7. The number of hydrogen-bond acceptors (Lipinski definition) is 6. The zero-order valence-corrected chi connectivity index (χ0v) is 25.0. The number of hydrogen-bond donors (Lipinski definition) is 0. The summed E-state index contributed by atoms with van der Waals surface area (Å²) >= 11 is 10.9. The highest BCUT2D eigenvalue weighted by atomic mass is 79.9. The second-order valence-electron chi connectivity index (χ2n) is 8.83. The zero-order chi connectivity index (χ0) is 29.2. The summed E-state index contributed by atoms with van der Waals surface area (Å²) in [5, 5.41) is 6.37. The van der Waals surface area contributed by atoms with Crippen LogP contribution in [0.5, 0.6) is 0 Å². The molecule has 0 atom stereocenters. The first-order chi connectivity index (χ1) is 19.5. The Balaban J connectivity index is 1.63. The molecular formula is C27H21BrClF3N4O3S2. The minimum absolute atomic E-state index is 0.0159. The number of rotatable bonds is 6. The maximum atomic E-state index is 13.5. The van der Waals surface area contributed by atoms with Gasteiger partial charge in [0.1, 0.15) is 0 Å². The van der Waals surface area contributed by atoms with Crippen LogP contribution in [0.4, 0.5) is 18.9 Å². The SMILES string of the molecule is O=S(=O)(c1ccc(Cl)c(N=c2scc(-c3cccc(C(F)(F)F)c3)n2/N=C\c2ccc(Br)cc2)c1)N1CCOCC1. The molecule has 0 unspecified atom stereocenters. The van der Waals surface area contributed by atoms with Crippen LogP contribution in [0.2, 0.25) is 5.02 Å². The van der Waals surface area contributed by atoms with Gasteiger partial charge in [-0.2, -0.15) is 22.6 Å². The predicted molar refractivity (Wildman–Crippen MR) is 156 cm³/mol. The quantitative estimate of drug-likeness (QED) is 0.210. The van der Waals surface area contributed by atoms with Crippen molar-refractivity contribution in [1.29, 1.82) is 0 Å². The minimum atomic E-state index is -4.52. The molecule has 1 aromatic heterocycles. The number of halogens is 5. The van der Waals surface area contributed by atoms with Crippen LogP contribution >= 0.6 is 38.9 Å². The van der Waals surface area contributed by atoms with Crippen molar-refractivity contribution in [2.24, 2.45) is 10.1 Å². The number of aromatic nitrogens is 1. The number of benzene rings is 3. The highest BCUT2D eigenvalue weighted by Crippen LogP contribution is 2.33. The van der Waals surface area contributed by atoms with E-state index in [0.717, 1.165) is 33.5 Å². The van der Waals surface area contributed by atoms with E-state index >= 15 is 0 Å². The van der Waals surface area contributed by atoms with Gasteiger partial charge in [-0.05, 0) is 48.0 Å². The second kappa shape index (κ2) is 12.2. The number of thiazole rings is 1. The Morgan fingerprint density at radius 3 is 2.46 bits per heavy atom. The van der Waals surface area contributed by atoms with E-state index in [1.165, 1.54) is 33.2 Å². The second-order valence-corrected chi connectivity index (χ2v) is 12.9. The van der Waals surface area contributed by atoms with Crippen LogP contribution in [0.3, 0.4) is 0 Å². The summed E-state index contributed by atoms with van der Waals surface area (Å²) in [7, 11) is -3.82. The van der Waals surface area contributed by atoms with Gasteiger partial charge < -0.3 is 4.74 Å². The van der Waals surface area contributed by atoms with E-state index in [4.69, 9.17) is 16.3 Å². The Hall–Kier alpha value is -2.81. The smallest absolute Gasteiger partial charge is 0.379 e. The summed E-state index contributed by atoms with van der Waals surface area (Å²) in [6.45, 7) is 1.06. The first-order valence-electron chi connectivity index (χ1n) is 12.1. The normalized spacial score (nSPS) is 15.6. The molecule has 0 radical (unpaired) electrons. The Morgan fingerprint density at radius 2 is 1.76 bits per heavy atom. The molecule has 4 aromatic rings. The number of nitrogens with zero attached hydrogens (tertiary/aromatic N) is 4. The fourth-order valence-electron chi connectivity index (χ4n) is 3.99. The molecule has 0 saturated carbocycles. The molecule has 3 aromatic carbocycles. The molecule has 14 heteroatoms. The highest BCUT2D eigenvalue weighted by Gasteiger charge is 2.31.